The van der Waals surface area contributed by atoms with Crippen LogP contribution in [-0.4, -0.2) is 47.6 Å². The van der Waals surface area contributed by atoms with Crippen molar-refractivity contribution in [1.29, 1.82) is 0 Å². The highest BCUT2D eigenvalue weighted by molar-refractivity contribution is 6.23. The molecule has 1 atom stereocenters. The SMILES string of the molecule is CCC1(C2=CCCCC2)C(=O)NC(=O)NC1=O.CCC1(c2ccccc2)C(=O)NC(=O)N(C)C1=O. The van der Waals surface area contributed by atoms with E-state index in [9.17, 15) is 28.8 Å². The van der Waals surface area contributed by atoms with Crippen LogP contribution in [0.15, 0.2) is 42.0 Å². The molecule has 4 rings (SSSR count). The Balaban J connectivity index is 0.000000196. The van der Waals surface area contributed by atoms with Gasteiger partial charge in [-0.3, -0.25) is 40.0 Å². The van der Waals surface area contributed by atoms with Crippen molar-refractivity contribution in [1.82, 2.24) is 20.9 Å². The molecule has 0 aromatic heterocycles. The Morgan fingerprint density at radius 1 is 0.800 bits per heavy atom. The number of barbiturate groups is 2. The van der Waals surface area contributed by atoms with Crippen LogP contribution in [0.25, 0.3) is 0 Å². The third kappa shape index (κ3) is 4.36. The second-order valence-corrected chi connectivity index (χ2v) is 8.72. The summed E-state index contributed by atoms with van der Waals surface area (Å²) >= 11 is 0. The number of nitrogens with zero attached hydrogens (tertiary/aromatic N) is 1. The summed E-state index contributed by atoms with van der Waals surface area (Å²) in [6.07, 6.45) is 6.38. The fourth-order valence-corrected chi connectivity index (χ4v) is 4.88. The Morgan fingerprint density at radius 3 is 1.89 bits per heavy atom. The maximum atomic E-state index is 12.3. The van der Waals surface area contributed by atoms with Crippen molar-refractivity contribution in [3.8, 4) is 0 Å². The van der Waals surface area contributed by atoms with E-state index in [-0.39, 0.29) is 0 Å². The second-order valence-electron chi connectivity index (χ2n) is 8.72. The van der Waals surface area contributed by atoms with Gasteiger partial charge in [0, 0.05) is 7.05 Å². The lowest BCUT2D eigenvalue weighted by molar-refractivity contribution is -0.145. The van der Waals surface area contributed by atoms with E-state index < -0.39 is 46.5 Å². The number of nitrogens with one attached hydrogen (secondary N) is 3. The van der Waals surface area contributed by atoms with Crippen LogP contribution in [0.1, 0.15) is 57.9 Å². The summed E-state index contributed by atoms with van der Waals surface area (Å²) in [6.45, 7) is 3.55. The van der Waals surface area contributed by atoms with Crippen molar-refractivity contribution in [2.45, 2.75) is 57.8 Å². The molecule has 2 fully saturated rings. The van der Waals surface area contributed by atoms with Gasteiger partial charge in [-0.1, -0.05) is 50.3 Å². The van der Waals surface area contributed by atoms with Gasteiger partial charge in [-0.15, -0.1) is 0 Å². The predicted molar refractivity (Wildman–Crippen MR) is 126 cm³/mol. The molecule has 0 bridgehead atoms. The first kappa shape index (κ1) is 25.8. The van der Waals surface area contributed by atoms with Gasteiger partial charge in [0.15, 0.2) is 5.41 Å². The van der Waals surface area contributed by atoms with Gasteiger partial charge in [0.2, 0.25) is 17.7 Å². The summed E-state index contributed by atoms with van der Waals surface area (Å²) in [6, 6.07) is 7.40. The molecule has 3 N–H and O–H groups in total. The van der Waals surface area contributed by atoms with Crippen molar-refractivity contribution < 1.29 is 28.8 Å². The van der Waals surface area contributed by atoms with E-state index in [4.69, 9.17) is 0 Å². The second kappa shape index (κ2) is 10.2. The lowest BCUT2D eigenvalue weighted by atomic mass is 9.71. The molecular formula is C25H30N4O6. The Bertz CT molecular complexity index is 1080. The third-order valence-corrected chi connectivity index (χ3v) is 6.98. The molecule has 1 aliphatic carbocycles. The van der Waals surface area contributed by atoms with Crippen molar-refractivity contribution in [3.05, 3.63) is 47.5 Å². The van der Waals surface area contributed by atoms with Gasteiger partial charge in [0.05, 0.1) is 0 Å². The number of carbonyl (C=O) groups excluding carboxylic acids is 6. The number of likely N-dealkylation sites (N-methyl/N-ethyl adjacent to an activating group) is 1. The molecular weight excluding hydrogens is 452 g/mol. The first-order chi connectivity index (χ1) is 16.6. The van der Waals surface area contributed by atoms with Crippen LogP contribution < -0.4 is 16.0 Å². The molecule has 1 unspecified atom stereocenters. The van der Waals surface area contributed by atoms with E-state index in [1.54, 1.807) is 38.1 Å². The van der Waals surface area contributed by atoms with Crippen LogP contribution in [0.4, 0.5) is 9.59 Å². The van der Waals surface area contributed by atoms with Crippen molar-refractivity contribution in [2.24, 2.45) is 5.41 Å². The van der Waals surface area contributed by atoms with Gasteiger partial charge < -0.3 is 0 Å². The standard InChI is InChI=1S/C13H14N2O3.C12H16N2O3/c1-3-13(9-7-5-4-6-8-9)10(16)14-12(18)15(2)11(13)17;1-2-12(8-6-4-3-5-7-8)9(15)13-11(17)14-10(12)16/h4-8H,3H2,1-2H3,(H,14,16,18);6H,2-5,7H2,1H3,(H2,13,14,15,16,17). The van der Waals surface area contributed by atoms with Crippen LogP contribution in [-0.2, 0) is 24.6 Å². The highest BCUT2D eigenvalue weighted by atomic mass is 16.2. The summed E-state index contributed by atoms with van der Waals surface area (Å²) in [5.74, 6) is -2.00. The van der Waals surface area contributed by atoms with Crippen LogP contribution in [0, 0.1) is 5.41 Å². The highest BCUT2D eigenvalue weighted by Crippen LogP contribution is 2.39. The number of carbonyl (C=O) groups is 6. The smallest absolute Gasteiger partial charge is 0.277 e. The minimum Gasteiger partial charge on any atom is -0.277 e. The summed E-state index contributed by atoms with van der Waals surface area (Å²) in [4.78, 5) is 72.0. The number of allylic oxidation sites excluding steroid dienone is 1. The molecule has 186 valence electrons. The van der Waals surface area contributed by atoms with Gasteiger partial charge in [0.25, 0.3) is 5.91 Å². The lowest BCUT2D eigenvalue weighted by Gasteiger charge is -2.37. The molecule has 8 amide bonds. The molecule has 3 aliphatic rings. The summed E-state index contributed by atoms with van der Waals surface area (Å²) in [5.41, 5.74) is -1.01. The minimum atomic E-state index is -1.30. The van der Waals surface area contributed by atoms with E-state index in [2.05, 4.69) is 16.0 Å². The Morgan fingerprint density at radius 2 is 1.37 bits per heavy atom. The van der Waals surface area contributed by atoms with Crippen molar-refractivity contribution in [3.63, 3.8) is 0 Å². The molecule has 0 saturated carbocycles. The van der Waals surface area contributed by atoms with Crippen molar-refractivity contribution >= 4 is 35.7 Å². The van der Waals surface area contributed by atoms with Crippen LogP contribution >= 0.6 is 0 Å². The van der Waals surface area contributed by atoms with E-state index >= 15 is 0 Å². The number of benzene rings is 1. The monoisotopic (exact) mass is 482 g/mol. The number of imide groups is 4. The normalized spacial score (nSPS) is 24.0. The molecule has 10 nitrogen and oxygen atoms in total. The van der Waals surface area contributed by atoms with Gasteiger partial charge in [-0.05, 0) is 49.7 Å². The quantitative estimate of drug-likeness (QED) is 0.444. The zero-order valence-electron chi connectivity index (χ0n) is 20.1. The maximum absolute atomic E-state index is 12.3. The largest absolute Gasteiger partial charge is 0.330 e. The zero-order valence-corrected chi connectivity index (χ0v) is 20.1. The van der Waals surface area contributed by atoms with Gasteiger partial charge >= 0.3 is 12.1 Å². The molecule has 2 aliphatic heterocycles. The molecule has 2 saturated heterocycles. The molecule has 2 heterocycles. The molecule has 1 aromatic rings. The number of hydrogen-bond donors (Lipinski definition) is 3. The van der Waals surface area contributed by atoms with Gasteiger partial charge in [-0.25, -0.2) is 9.59 Å². The number of urea groups is 2. The number of amides is 8. The number of rotatable bonds is 4. The Labute approximate surface area is 203 Å². The number of hydrogen-bond acceptors (Lipinski definition) is 6. The summed E-state index contributed by atoms with van der Waals surface area (Å²) in [7, 11) is 1.37. The van der Waals surface area contributed by atoms with Crippen LogP contribution in [0.2, 0.25) is 0 Å². The summed E-state index contributed by atoms with van der Waals surface area (Å²) < 4.78 is 0. The molecule has 0 radical (unpaired) electrons. The van der Waals surface area contributed by atoms with Gasteiger partial charge in [-0.2, -0.15) is 0 Å². The first-order valence-electron chi connectivity index (χ1n) is 11.7. The first-order valence-corrected chi connectivity index (χ1v) is 11.7. The van der Waals surface area contributed by atoms with Crippen LogP contribution in [0.5, 0.6) is 0 Å². The fraction of sp³-hybridized carbons (Fsp3) is 0.440. The van der Waals surface area contributed by atoms with E-state index in [0.717, 1.165) is 36.2 Å². The lowest BCUT2D eigenvalue weighted by Crippen LogP contribution is -2.64. The third-order valence-electron chi connectivity index (χ3n) is 6.98. The van der Waals surface area contributed by atoms with Crippen LogP contribution in [0.3, 0.4) is 0 Å². The highest BCUT2D eigenvalue weighted by Gasteiger charge is 2.53. The van der Waals surface area contributed by atoms with E-state index in [1.807, 2.05) is 12.1 Å². The average Bonchev–Trinajstić information content (AvgIpc) is 2.85. The Kier molecular flexibility index (Phi) is 7.52. The minimum absolute atomic E-state index is 0.305. The van der Waals surface area contributed by atoms with Gasteiger partial charge in [0.1, 0.15) is 5.41 Å². The van der Waals surface area contributed by atoms with E-state index in [1.165, 1.54) is 7.05 Å². The van der Waals surface area contributed by atoms with E-state index in [0.29, 0.717) is 18.4 Å². The zero-order chi connectivity index (χ0) is 25.8. The predicted octanol–water partition coefficient (Wildman–Crippen LogP) is 2.29. The summed E-state index contributed by atoms with van der Waals surface area (Å²) in [5, 5.41) is 6.62. The van der Waals surface area contributed by atoms with Crippen molar-refractivity contribution in [2.75, 3.05) is 7.05 Å². The Hall–Kier alpha value is -3.82. The molecule has 1 aromatic carbocycles. The molecule has 35 heavy (non-hydrogen) atoms. The average molecular weight is 483 g/mol. The maximum Gasteiger partial charge on any atom is 0.330 e. The fourth-order valence-electron chi connectivity index (χ4n) is 4.88. The topological polar surface area (TPSA) is 142 Å². The molecule has 10 heteroatoms. The molecule has 0 spiro atoms.